The Morgan fingerprint density at radius 3 is 2.26 bits per heavy atom. The van der Waals surface area contributed by atoms with Crippen LogP contribution in [0.5, 0.6) is 0 Å². The molecular formula is C20H26N2O. The van der Waals surface area contributed by atoms with Gasteiger partial charge in [0.05, 0.1) is 5.69 Å². The summed E-state index contributed by atoms with van der Waals surface area (Å²) in [5, 5.41) is 10.9. The maximum atomic E-state index is 10.9. The van der Waals surface area contributed by atoms with Crippen molar-refractivity contribution in [2.45, 2.75) is 44.6 Å². The van der Waals surface area contributed by atoms with E-state index in [-0.39, 0.29) is 5.41 Å². The van der Waals surface area contributed by atoms with Crippen molar-refractivity contribution in [1.82, 2.24) is 4.98 Å². The summed E-state index contributed by atoms with van der Waals surface area (Å²) in [6, 6.07) is 14.5. The molecule has 1 aromatic heterocycles. The highest BCUT2D eigenvalue weighted by molar-refractivity contribution is 5.49. The van der Waals surface area contributed by atoms with Crippen molar-refractivity contribution in [2.75, 3.05) is 18.0 Å². The van der Waals surface area contributed by atoms with Gasteiger partial charge in [-0.1, -0.05) is 24.6 Å². The Bertz CT molecular complexity index is 616. The third-order valence-corrected chi connectivity index (χ3v) is 5.31. The molecule has 3 rings (SSSR count). The van der Waals surface area contributed by atoms with Crippen molar-refractivity contribution >= 4 is 5.69 Å². The van der Waals surface area contributed by atoms with Crippen LogP contribution in [-0.4, -0.2) is 23.2 Å². The molecule has 1 saturated carbocycles. The minimum absolute atomic E-state index is 0.170. The number of aromatic nitrogens is 1. The van der Waals surface area contributed by atoms with Crippen LogP contribution in [0.2, 0.25) is 0 Å². The van der Waals surface area contributed by atoms with Crippen molar-refractivity contribution in [3.63, 3.8) is 0 Å². The van der Waals surface area contributed by atoms with Crippen LogP contribution in [0, 0.1) is 0 Å². The van der Waals surface area contributed by atoms with E-state index in [0.29, 0.717) is 0 Å². The fraction of sp³-hybridized carbons (Fsp3) is 0.450. The van der Waals surface area contributed by atoms with Gasteiger partial charge < -0.3 is 10.0 Å². The summed E-state index contributed by atoms with van der Waals surface area (Å²) in [5.74, 6) is 0. The van der Waals surface area contributed by atoms with Gasteiger partial charge in [0, 0.05) is 30.4 Å². The zero-order valence-corrected chi connectivity index (χ0v) is 14.1. The average molecular weight is 310 g/mol. The van der Waals surface area contributed by atoms with E-state index in [1.165, 1.54) is 17.7 Å². The molecule has 0 radical (unpaired) electrons. The molecule has 23 heavy (non-hydrogen) atoms. The first kappa shape index (κ1) is 16.0. The first-order valence-electron chi connectivity index (χ1n) is 8.65. The lowest BCUT2D eigenvalue weighted by Gasteiger charge is -2.46. The van der Waals surface area contributed by atoms with Crippen molar-refractivity contribution in [3.05, 3.63) is 59.9 Å². The monoisotopic (exact) mass is 310 g/mol. The maximum Gasteiger partial charge on any atom is 0.106 e. The molecule has 1 fully saturated rings. The van der Waals surface area contributed by atoms with Crippen molar-refractivity contribution in [2.24, 2.45) is 0 Å². The lowest BCUT2D eigenvalue weighted by molar-refractivity contribution is 0.0238. The number of aliphatic hydroxyl groups excluding tert-OH is 1. The lowest BCUT2D eigenvalue weighted by Crippen LogP contribution is -2.40. The number of rotatable bonds is 6. The number of nitrogens with zero attached hydrogens (tertiary/aromatic N) is 2. The van der Waals surface area contributed by atoms with Gasteiger partial charge in [-0.05, 0) is 56.5 Å². The highest BCUT2D eigenvalue weighted by Gasteiger charge is 2.46. The van der Waals surface area contributed by atoms with Crippen molar-refractivity contribution in [1.29, 1.82) is 0 Å². The molecule has 1 N–H and O–H groups in total. The Kier molecular flexibility index (Phi) is 4.67. The van der Waals surface area contributed by atoms with E-state index in [0.717, 1.165) is 31.6 Å². The fourth-order valence-corrected chi connectivity index (χ4v) is 3.69. The molecule has 122 valence electrons. The molecule has 1 heterocycles. The number of pyridine rings is 1. The molecule has 0 amide bonds. The molecule has 0 aliphatic heterocycles. The fourth-order valence-electron chi connectivity index (χ4n) is 3.69. The van der Waals surface area contributed by atoms with E-state index in [1.807, 2.05) is 18.2 Å². The number of anilines is 1. The first-order chi connectivity index (χ1) is 11.2. The Morgan fingerprint density at radius 2 is 1.78 bits per heavy atom. The van der Waals surface area contributed by atoms with Gasteiger partial charge in [0.2, 0.25) is 0 Å². The van der Waals surface area contributed by atoms with Gasteiger partial charge in [0.25, 0.3) is 0 Å². The summed E-state index contributed by atoms with van der Waals surface area (Å²) < 4.78 is 0. The van der Waals surface area contributed by atoms with E-state index < -0.39 is 6.10 Å². The molecule has 0 bridgehead atoms. The molecule has 3 nitrogen and oxygen atoms in total. The van der Waals surface area contributed by atoms with Crippen molar-refractivity contribution in [3.8, 4) is 0 Å². The van der Waals surface area contributed by atoms with Crippen LogP contribution < -0.4 is 4.90 Å². The molecule has 1 aliphatic rings. The van der Waals surface area contributed by atoms with E-state index in [9.17, 15) is 5.11 Å². The average Bonchev–Trinajstić information content (AvgIpc) is 2.57. The highest BCUT2D eigenvalue weighted by atomic mass is 16.3. The third kappa shape index (κ3) is 2.86. The van der Waals surface area contributed by atoms with Gasteiger partial charge >= 0.3 is 0 Å². The molecule has 1 unspecified atom stereocenters. The molecule has 1 aromatic carbocycles. The number of hydrogen-bond acceptors (Lipinski definition) is 3. The van der Waals surface area contributed by atoms with Gasteiger partial charge in [-0.2, -0.15) is 0 Å². The van der Waals surface area contributed by atoms with Crippen LogP contribution in [0.1, 0.15) is 50.5 Å². The zero-order chi connectivity index (χ0) is 16.3. The molecule has 1 aliphatic carbocycles. The van der Waals surface area contributed by atoms with Gasteiger partial charge in [-0.3, -0.25) is 4.98 Å². The molecule has 3 heteroatoms. The minimum Gasteiger partial charge on any atom is -0.386 e. The molecule has 2 aromatic rings. The minimum atomic E-state index is -0.531. The standard InChI is InChI=1S/C20H26N2O/c1-3-22(4-2)17-11-9-16(10-12-17)20(13-7-14-20)19(23)18-8-5-6-15-21-18/h5-6,8-12,15,19,23H,3-4,7,13-14H2,1-2H3. The summed E-state index contributed by atoms with van der Waals surface area (Å²) in [6.45, 7) is 6.38. The normalized spacial score (nSPS) is 17.3. The molecule has 0 saturated heterocycles. The first-order valence-corrected chi connectivity index (χ1v) is 8.65. The van der Waals surface area contributed by atoms with Crippen LogP contribution in [0.25, 0.3) is 0 Å². The Balaban J connectivity index is 1.89. The van der Waals surface area contributed by atoms with E-state index in [2.05, 4.69) is 48.0 Å². The smallest absolute Gasteiger partial charge is 0.106 e. The summed E-state index contributed by atoms with van der Waals surface area (Å²) in [4.78, 5) is 6.71. The van der Waals surface area contributed by atoms with Crippen LogP contribution in [0.15, 0.2) is 48.7 Å². The SMILES string of the molecule is CCN(CC)c1ccc(C2(C(O)c3ccccn3)CCC2)cc1. The molecular weight excluding hydrogens is 284 g/mol. The summed E-state index contributed by atoms with van der Waals surface area (Å²) in [6.07, 6.45) is 4.44. The largest absolute Gasteiger partial charge is 0.386 e. The van der Waals surface area contributed by atoms with Crippen LogP contribution >= 0.6 is 0 Å². The second-order valence-electron chi connectivity index (χ2n) is 6.39. The summed E-state index contributed by atoms with van der Waals surface area (Å²) >= 11 is 0. The second-order valence-corrected chi connectivity index (χ2v) is 6.39. The second kappa shape index (κ2) is 6.71. The van der Waals surface area contributed by atoms with Crippen LogP contribution in [-0.2, 0) is 5.41 Å². The number of benzene rings is 1. The Hall–Kier alpha value is -1.87. The van der Waals surface area contributed by atoms with E-state index in [4.69, 9.17) is 0 Å². The summed E-state index contributed by atoms with van der Waals surface area (Å²) in [5.41, 5.74) is 3.09. The zero-order valence-electron chi connectivity index (χ0n) is 14.1. The number of hydrogen-bond donors (Lipinski definition) is 1. The predicted octanol–water partition coefficient (Wildman–Crippen LogP) is 4.08. The van der Waals surface area contributed by atoms with Crippen LogP contribution in [0.3, 0.4) is 0 Å². The van der Waals surface area contributed by atoms with E-state index >= 15 is 0 Å². The lowest BCUT2D eigenvalue weighted by atomic mass is 9.60. The van der Waals surface area contributed by atoms with Gasteiger partial charge in [-0.15, -0.1) is 0 Å². The maximum absolute atomic E-state index is 10.9. The Labute approximate surface area is 139 Å². The van der Waals surface area contributed by atoms with Crippen LogP contribution in [0.4, 0.5) is 5.69 Å². The Morgan fingerprint density at radius 1 is 1.09 bits per heavy atom. The quantitative estimate of drug-likeness (QED) is 0.873. The van der Waals surface area contributed by atoms with Gasteiger partial charge in [-0.25, -0.2) is 0 Å². The van der Waals surface area contributed by atoms with E-state index in [1.54, 1.807) is 6.20 Å². The summed E-state index contributed by atoms with van der Waals surface area (Å²) in [7, 11) is 0. The molecule has 0 spiro atoms. The predicted molar refractivity (Wildman–Crippen MR) is 94.7 cm³/mol. The number of aliphatic hydroxyl groups is 1. The highest BCUT2D eigenvalue weighted by Crippen LogP contribution is 2.51. The van der Waals surface area contributed by atoms with Crippen molar-refractivity contribution < 1.29 is 5.11 Å². The van der Waals surface area contributed by atoms with Gasteiger partial charge in [0.15, 0.2) is 0 Å². The molecule has 1 atom stereocenters. The third-order valence-electron chi connectivity index (χ3n) is 5.31. The van der Waals surface area contributed by atoms with Gasteiger partial charge in [0.1, 0.15) is 6.10 Å². The topological polar surface area (TPSA) is 36.4 Å².